The molecule has 1 atom stereocenters. The largest absolute Gasteiger partial charge is 0.295 e. The van der Waals surface area contributed by atoms with E-state index in [9.17, 15) is 8.42 Å². The lowest BCUT2D eigenvalue weighted by Gasteiger charge is -2.13. The van der Waals surface area contributed by atoms with Gasteiger partial charge in [0.1, 0.15) is 0 Å². The lowest BCUT2D eigenvalue weighted by molar-refractivity contribution is 0.626. The van der Waals surface area contributed by atoms with Gasteiger partial charge in [0.05, 0.1) is 17.5 Å². The Morgan fingerprint density at radius 3 is 2.92 bits per heavy atom. The van der Waals surface area contributed by atoms with E-state index in [4.69, 9.17) is 6.42 Å². The van der Waals surface area contributed by atoms with Crippen molar-refractivity contribution in [1.82, 2.24) is 5.32 Å². The minimum atomic E-state index is -2.19. The van der Waals surface area contributed by atoms with E-state index in [0.29, 0.717) is 11.4 Å². The Morgan fingerprint density at radius 1 is 1.54 bits per heavy atom. The quantitative estimate of drug-likeness (QED) is 0.488. The van der Waals surface area contributed by atoms with Crippen LogP contribution in [0.4, 0.5) is 0 Å². The molecule has 0 saturated heterocycles. The molecule has 0 bridgehead atoms. The molecule has 3 nitrogen and oxygen atoms in total. The number of terminal acetylenes is 1. The van der Waals surface area contributed by atoms with Crippen molar-refractivity contribution in [3.05, 3.63) is 24.3 Å². The highest BCUT2D eigenvalue weighted by Gasteiger charge is 2.12. The van der Waals surface area contributed by atoms with Crippen LogP contribution in [0.5, 0.6) is 0 Å². The van der Waals surface area contributed by atoms with Crippen molar-refractivity contribution in [2.75, 3.05) is 6.54 Å². The van der Waals surface area contributed by atoms with E-state index in [1.54, 1.807) is 24.3 Å². The van der Waals surface area contributed by atoms with Crippen molar-refractivity contribution < 1.29 is 8.42 Å². The van der Waals surface area contributed by atoms with Gasteiger partial charge in [-0.3, -0.25) is 5.32 Å². The minimum Gasteiger partial charge on any atom is -0.295 e. The van der Waals surface area contributed by atoms with Crippen LogP contribution in [0, 0.1) is 12.3 Å². The fourth-order valence-corrected chi connectivity index (χ4v) is 1.58. The van der Waals surface area contributed by atoms with Gasteiger partial charge in [0.2, 0.25) is 10.3 Å². The number of allylic oxidation sites excluding steroid dienone is 2. The van der Waals surface area contributed by atoms with Gasteiger partial charge in [0, 0.05) is 0 Å². The number of nitrogens with one attached hydrogen (secondary N) is 1. The lowest BCUT2D eigenvalue weighted by Crippen LogP contribution is -2.35. The molecule has 0 fully saturated rings. The average molecular weight is 195 g/mol. The predicted molar refractivity (Wildman–Crippen MR) is 52.8 cm³/mol. The normalized spacial score (nSPS) is 19.9. The molecule has 1 aliphatic carbocycles. The van der Waals surface area contributed by atoms with Crippen molar-refractivity contribution in [1.29, 1.82) is 0 Å². The van der Waals surface area contributed by atoms with Gasteiger partial charge in [0.25, 0.3) is 0 Å². The molecule has 4 heteroatoms. The third-order valence-corrected chi connectivity index (χ3v) is 2.37. The van der Waals surface area contributed by atoms with Gasteiger partial charge < -0.3 is 0 Å². The first-order chi connectivity index (χ1) is 6.25. The van der Waals surface area contributed by atoms with Crippen LogP contribution in [-0.4, -0.2) is 25.9 Å². The minimum absolute atomic E-state index is 0.292. The zero-order valence-electron chi connectivity index (χ0n) is 6.90. The summed E-state index contributed by atoms with van der Waals surface area (Å²) in [7, 11) is -2.19. The van der Waals surface area contributed by atoms with Crippen LogP contribution in [0.25, 0.3) is 0 Å². The number of hydrogen-bond donors (Lipinski definition) is 1. The second-order valence-corrected chi connectivity index (χ2v) is 3.38. The summed E-state index contributed by atoms with van der Waals surface area (Å²) in [5, 5.41) is 2.90. The van der Waals surface area contributed by atoms with Crippen molar-refractivity contribution in [3.8, 4) is 12.3 Å². The molecule has 0 spiro atoms. The highest BCUT2D eigenvalue weighted by Crippen LogP contribution is 1.99. The van der Waals surface area contributed by atoms with Crippen LogP contribution >= 0.6 is 0 Å². The fourth-order valence-electron chi connectivity index (χ4n) is 1.02. The molecular weight excluding hydrogens is 186 g/mol. The first-order valence-electron chi connectivity index (χ1n) is 3.73. The van der Waals surface area contributed by atoms with Crippen LogP contribution in [-0.2, 0) is 10.3 Å². The van der Waals surface area contributed by atoms with Crippen LogP contribution in [0.2, 0.25) is 0 Å². The zero-order chi connectivity index (χ0) is 9.68. The molecule has 1 aliphatic rings. The fraction of sp³-hybridized carbons (Fsp3) is 0.222. The SMILES string of the molecule is C#CCNC1C=CC=CC1=S(=O)=O. The molecule has 13 heavy (non-hydrogen) atoms. The zero-order valence-corrected chi connectivity index (χ0v) is 7.71. The Kier molecular flexibility index (Phi) is 3.50. The molecule has 0 aromatic rings. The monoisotopic (exact) mass is 195 g/mol. The van der Waals surface area contributed by atoms with Crippen molar-refractivity contribution in [2.24, 2.45) is 0 Å². The molecule has 0 amide bonds. The topological polar surface area (TPSA) is 46.2 Å². The third-order valence-electron chi connectivity index (χ3n) is 1.60. The van der Waals surface area contributed by atoms with Gasteiger partial charge in [-0.2, -0.15) is 8.42 Å². The molecule has 0 aliphatic heterocycles. The second kappa shape index (κ2) is 4.65. The first-order valence-corrected chi connectivity index (χ1v) is 4.81. The van der Waals surface area contributed by atoms with E-state index in [2.05, 4.69) is 11.2 Å². The van der Waals surface area contributed by atoms with E-state index in [-0.39, 0.29) is 6.04 Å². The van der Waals surface area contributed by atoms with Crippen molar-refractivity contribution in [3.63, 3.8) is 0 Å². The van der Waals surface area contributed by atoms with E-state index in [1.807, 2.05) is 0 Å². The highest BCUT2D eigenvalue weighted by molar-refractivity contribution is 7.73. The van der Waals surface area contributed by atoms with Gasteiger partial charge >= 0.3 is 0 Å². The molecule has 68 valence electrons. The molecule has 1 rings (SSSR count). The van der Waals surface area contributed by atoms with E-state index in [1.165, 1.54) is 0 Å². The summed E-state index contributed by atoms with van der Waals surface area (Å²) < 4.78 is 21.4. The summed E-state index contributed by atoms with van der Waals surface area (Å²) in [5.41, 5.74) is 0. The number of hydrogen-bond acceptors (Lipinski definition) is 3. The summed E-state index contributed by atoms with van der Waals surface area (Å²) in [6, 6.07) is -0.292. The molecule has 0 radical (unpaired) electrons. The van der Waals surface area contributed by atoms with Crippen LogP contribution < -0.4 is 5.32 Å². The maximum Gasteiger partial charge on any atom is 0.219 e. The molecule has 0 aromatic heterocycles. The maximum atomic E-state index is 10.7. The molecule has 1 unspecified atom stereocenters. The first kappa shape index (κ1) is 9.78. The predicted octanol–water partition coefficient (Wildman–Crippen LogP) is -0.245. The summed E-state index contributed by atoms with van der Waals surface area (Å²) in [6.45, 7) is 0.351. The van der Waals surface area contributed by atoms with Gasteiger partial charge in [0.15, 0.2) is 0 Å². The Balaban J connectivity index is 2.86. The van der Waals surface area contributed by atoms with Crippen LogP contribution in [0.15, 0.2) is 24.3 Å². The van der Waals surface area contributed by atoms with E-state index < -0.39 is 10.3 Å². The number of rotatable bonds is 2. The standard InChI is InChI=1S/C9H9NO2S/c1-2-7-10-8-5-3-4-6-9(8)13(11)12/h1,3-6,8,10H,7H2. The van der Waals surface area contributed by atoms with Gasteiger partial charge in [-0.1, -0.05) is 24.1 Å². The van der Waals surface area contributed by atoms with Crippen molar-refractivity contribution >= 4 is 15.2 Å². The summed E-state index contributed by atoms with van der Waals surface area (Å²) in [5.74, 6) is 2.39. The Bertz CT molecular complexity index is 401. The van der Waals surface area contributed by atoms with Gasteiger partial charge in [-0.05, 0) is 6.08 Å². The summed E-state index contributed by atoms with van der Waals surface area (Å²) in [6.07, 6.45) is 11.8. The van der Waals surface area contributed by atoms with Gasteiger partial charge in [-0.25, -0.2) is 0 Å². The van der Waals surface area contributed by atoms with Crippen LogP contribution in [0.3, 0.4) is 0 Å². The smallest absolute Gasteiger partial charge is 0.219 e. The molecule has 1 N–H and O–H groups in total. The molecular formula is C9H9NO2S. The third kappa shape index (κ3) is 2.58. The molecule has 0 aromatic carbocycles. The van der Waals surface area contributed by atoms with Gasteiger partial charge in [-0.15, -0.1) is 6.42 Å². The summed E-state index contributed by atoms with van der Waals surface area (Å²) in [4.78, 5) is 0.317. The highest BCUT2D eigenvalue weighted by atomic mass is 32.2. The lowest BCUT2D eigenvalue weighted by atomic mass is 10.1. The summed E-state index contributed by atoms with van der Waals surface area (Å²) >= 11 is 0. The second-order valence-electron chi connectivity index (χ2n) is 2.44. The van der Waals surface area contributed by atoms with Crippen LogP contribution in [0.1, 0.15) is 0 Å². The molecule has 0 heterocycles. The van der Waals surface area contributed by atoms with E-state index >= 15 is 0 Å². The van der Waals surface area contributed by atoms with Crippen molar-refractivity contribution in [2.45, 2.75) is 6.04 Å². The van der Waals surface area contributed by atoms with E-state index in [0.717, 1.165) is 0 Å². The molecule has 0 saturated carbocycles. The maximum absolute atomic E-state index is 10.7. The Morgan fingerprint density at radius 2 is 2.31 bits per heavy atom. The average Bonchev–Trinajstić information content (AvgIpc) is 2.15. The Labute approximate surface area is 78.7 Å². The Hall–Kier alpha value is -1.31.